The second-order valence-electron chi connectivity index (χ2n) is 5.78. The van der Waals surface area contributed by atoms with E-state index in [1.807, 2.05) is 18.2 Å². The third kappa shape index (κ3) is 1.06. The zero-order valence-electron chi connectivity index (χ0n) is 10.1. The lowest BCUT2D eigenvalue weighted by Crippen LogP contribution is -2.66. The summed E-state index contributed by atoms with van der Waals surface area (Å²) in [6, 6.07) is 7.42. The predicted molar refractivity (Wildman–Crippen MR) is 64.9 cm³/mol. The van der Waals surface area contributed by atoms with Crippen molar-refractivity contribution in [2.75, 3.05) is 0 Å². The minimum atomic E-state index is -0.961. The van der Waals surface area contributed by atoms with Gasteiger partial charge >= 0.3 is 5.97 Å². The van der Waals surface area contributed by atoms with Gasteiger partial charge in [-0.25, -0.2) is 0 Å². The van der Waals surface area contributed by atoms with Gasteiger partial charge in [-0.2, -0.15) is 0 Å². The standard InChI is InChI=1S/C15H16O3/c16-14-13-9-5-1-2-6-10(9)15(13,17)11-7-3-4-8-12(11)18-14/h3-4,7-10,13,17H,1-2,5-6H2/t9-,10+,13+,15+/m1/s1. The molecular formula is C15H16O3. The van der Waals surface area contributed by atoms with Crippen LogP contribution >= 0.6 is 0 Å². The Morgan fingerprint density at radius 1 is 1.22 bits per heavy atom. The summed E-state index contributed by atoms with van der Waals surface area (Å²) in [4.78, 5) is 12.1. The molecule has 2 fully saturated rings. The van der Waals surface area contributed by atoms with E-state index in [0.29, 0.717) is 11.7 Å². The summed E-state index contributed by atoms with van der Waals surface area (Å²) in [7, 11) is 0. The second kappa shape index (κ2) is 3.35. The largest absolute Gasteiger partial charge is 0.426 e. The summed E-state index contributed by atoms with van der Waals surface area (Å²) in [5.74, 6) is 0.539. The van der Waals surface area contributed by atoms with Crippen molar-refractivity contribution in [2.24, 2.45) is 17.8 Å². The Kier molecular flexibility index (Phi) is 1.97. The Bertz CT molecular complexity index is 524. The maximum absolute atomic E-state index is 12.1. The van der Waals surface area contributed by atoms with E-state index >= 15 is 0 Å². The van der Waals surface area contributed by atoms with Crippen molar-refractivity contribution in [2.45, 2.75) is 31.3 Å². The van der Waals surface area contributed by atoms with Gasteiger partial charge in [-0.1, -0.05) is 31.0 Å². The molecule has 1 heterocycles. The molecule has 3 aliphatic rings. The number of aliphatic hydroxyl groups is 1. The molecular weight excluding hydrogens is 228 g/mol. The molecule has 3 heteroatoms. The molecule has 0 bridgehead atoms. The fourth-order valence-electron chi connectivity index (χ4n) is 4.32. The van der Waals surface area contributed by atoms with E-state index in [9.17, 15) is 9.90 Å². The number of benzene rings is 1. The molecule has 0 aromatic heterocycles. The molecule has 1 aromatic carbocycles. The second-order valence-corrected chi connectivity index (χ2v) is 5.78. The highest BCUT2D eigenvalue weighted by Gasteiger charge is 2.68. The number of para-hydroxylation sites is 1. The molecule has 1 N–H and O–H groups in total. The van der Waals surface area contributed by atoms with E-state index in [1.165, 1.54) is 6.42 Å². The highest BCUT2D eigenvalue weighted by molar-refractivity contribution is 5.82. The molecule has 3 nitrogen and oxygen atoms in total. The highest BCUT2D eigenvalue weighted by Crippen LogP contribution is 2.64. The average Bonchev–Trinajstić information content (AvgIpc) is 2.37. The van der Waals surface area contributed by atoms with Crippen LogP contribution in [0.1, 0.15) is 31.2 Å². The SMILES string of the molecule is O=C1Oc2ccccc2[C@]2(O)[C@H]1[C@@H]1CCCC[C@@H]12. The van der Waals surface area contributed by atoms with Crippen LogP contribution in [-0.2, 0) is 10.4 Å². The maximum atomic E-state index is 12.1. The van der Waals surface area contributed by atoms with Crippen LogP contribution in [0.4, 0.5) is 0 Å². The van der Waals surface area contributed by atoms with Crippen LogP contribution in [0.3, 0.4) is 0 Å². The normalized spacial score (nSPS) is 40.9. The molecule has 0 radical (unpaired) electrons. The fraction of sp³-hybridized carbons (Fsp3) is 0.533. The molecule has 1 aliphatic heterocycles. The molecule has 18 heavy (non-hydrogen) atoms. The monoisotopic (exact) mass is 244 g/mol. The Hall–Kier alpha value is -1.35. The first kappa shape index (κ1) is 10.6. The minimum Gasteiger partial charge on any atom is -0.426 e. The van der Waals surface area contributed by atoms with Crippen molar-refractivity contribution in [3.63, 3.8) is 0 Å². The van der Waals surface area contributed by atoms with Crippen LogP contribution in [0, 0.1) is 17.8 Å². The van der Waals surface area contributed by atoms with Gasteiger partial charge in [0.05, 0.1) is 5.92 Å². The fourth-order valence-corrected chi connectivity index (χ4v) is 4.32. The van der Waals surface area contributed by atoms with Crippen LogP contribution in [-0.4, -0.2) is 11.1 Å². The highest BCUT2D eigenvalue weighted by atomic mass is 16.5. The summed E-state index contributed by atoms with van der Waals surface area (Å²) in [5.41, 5.74) is -0.144. The van der Waals surface area contributed by atoms with Crippen LogP contribution in [0.15, 0.2) is 24.3 Å². The lowest BCUT2D eigenvalue weighted by molar-refractivity contribution is -0.234. The quantitative estimate of drug-likeness (QED) is 0.562. The number of esters is 1. The summed E-state index contributed by atoms with van der Waals surface area (Å²) >= 11 is 0. The van der Waals surface area contributed by atoms with Crippen molar-refractivity contribution < 1.29 is 14.6 Å². The Morgan fingerprint density at radius 2 is 2.00 bits per heavy atom. The van der Waals surface area contributed by atoms with Gasteiger partial charge in [0, 0.05) is 5.56 Å². The zero-order chi connectivity index (χ0) is 12.3. The lowest BCUT2D eigenvalue weighted by Gasteiger charge is -2.61. The van der Waals surface area contributed by atoms with Gasteiger partial charge in [0.25, 0.3) is 0 Å². The van der Waals surface area contributed by atoms with Gasteiger partial charge in [0.15, 0.2) is 0 Å². The molecule has 0 amide bonds. The van der Waals surface area contributed by atoms with Gasteiger partial charge in [-0.15, -0.1) is 0 Å². The molecule has 94 valence electrons. The van der Waals surface area contributed by atoms with Crippen molar-refractivity contribution in [1.82, 2.24) is 0 Å². The zero-order valence-corrected chi connectivity index (χ0v) is 10.1. The van der Waals surface area contributed by atoms with Gasteiger partial charge in [0.2, 0.25) is 0 Å². The van der Waals surface area contributed by atoms with Crippen LogP contribution in [0.25, 0.3) is 0 Å². The molecule has 0 saturated heterocycles. The molecule has 2 saturated carbocycles. The maximum Gasteiger partial charge on any atom is 0.317 e. The first-order valence-corrected chi connectivity index (χ1v) is 6.76. The predicted octanol–water partition coefficient (Wildman–Crippen LogP) is 2.23. The first-order valence-electron chi connectivity index (χ1n) is 6.76. The third-order valence-corrected chi connectivity index (χ3v) is 5.07. The number of hydrogen-bond acceptors (Lipinski definition) is 3. The Morgan fingerprint density at radius 3 is 2.89 bits per heavy atom. The van der Waals surface area contributed by atoms with E-state index in [-0.39, 0.29) is 17.8 Å². The summed E-state index contributed by atoms with van der Waals surface area (Å²) < 4.78 is 5.38. The number of ether oxygens (including phenoxy) is 1. The minimum absolute atomic E-state index is 0.237. The van der Waals surface area contributed by atoms with Crippen molar-refractivity contribution in [1.29, 1.82) is 0 Å². The van der Waals surface area contributed by atoms with Crippen LogP contribution < -0.4 is 4.74 Å². The van der Waals surface area contributed by atoms with Gasteiger partial charge < -0.3 is 9.84 Å². The van der Waals surface area contributed by atoms with Crippen molar-refractivity contribution >= 4 is 5.97 Å². The summed E-state index contributed by atoms with van der Waals surface area (Å²) in [6.07, 6.45) is 4.41. The van der Waals surface area contributed by atoms with E-state index in [0.717, 1.165) is 24.8 Å². The van der Waals surface area contributed by atoms with Crippen molar-refractivity contribution in [3.05, 3.63) is 29.8 Å². The smallest absolute Gasteiger partial charge is 0.317 e. The average molecular weight is 244 g/mol. The molecule has 1 aromatic rings. The molecule has 4 atom stereocenters. The Labute approximate surface area is 106 Å². The van der Waals surface area contributed by atoms with Gasteiger partial charge in [-0.05, 0) is 30.7 Å². The van der Waals surface area contributed by atoms with E-state index in [1.54, 1.807) is 6.07 Å². The Balaban J connectivity index is 1.86. The van der Waals surface area contributed by atoms with Gasteiger partial charge in [-0.3, -0.25) is 4.79 Å². The lowest BCUT2D eigenvalue weighted by atomic mass is 9.46. The summed E-state index contributed by atoms with van der Waals surface area (Å²) in [5, 5.41) is 11.0. The third-order valence-electron chi connectivity index (χ3n) is 5.07. The topological polar surface area (TPSA) is 46.5 Å². The van der Waals surface area contributed by atoms with E-state index in [2.05, 4.69) is 0 Å². The number of carbonyl (C=O) groups excluding carboxylic acids is 1. The van der Waals surface area contributed by atoms with E-state index in [4.69, 9.17) is 4.74 Å². The van der Waals surface area contributed by atoms with Crippen molar-refractivity contribution in [3.8, 4) is 5.75 Å². The molecule has 2 aliphatic carbocycles. The van der Waals surface area contributed by atoms with E-state index < -0.39 is 5.60 Å². The number of rotatable bonds is 0. The molecule has 0 unspecified atom stereocenters. The van der Waals surface area contributed by atoms with Gasteiger partial charge in [0.1, 0.15) is 11.4 Å². The number of fused-ring (bicyclic) bond motifs is 6. The molecule has 0 spiro atoms. The van der Waals surface area contributed by atoms with Crippen LogP contribution in [0.5, 0.6) is 5.75 Å². The first-order chi connectivity index (χ1) is 8.73. The molecule has 4 rings (SSSR count). The number of hydrogen-bond donors (Lipinski definition) is 1. The number of carbonyl (C=O) groups is 1. The van der Waals surface area contributed by atoms with Crippen LogP contribution in [0.2, 0.25) is 0 Å². The summed E-state index contributed by atoms with van der Waals surface area (Å²) in [6.45, 7) is 0.